The van der Waals surface area contributed by atoms with Gasteiger partial charge in [0.2, 0.25) is 5.91 Å². The Morgan fingerprint density at radius 3 is 3.00 bits per heavy atom. The molecule has 2 aromatic rings. The first-order chi connectivity index (χ1) is 12.5. The summed E-state index contributed by atoms with van der Waals surface area (Å²) in [5.74, 6) is -0.740. The lowest BCUT2D eigenvalue weighted by Gasteiger charge is -2.14. The summed E-state index contributed by atoms with van der Waals surface area (Å²) < 4.78 is 21.2. The van der Waals surface area contributed by atoms with Gasteiger partial charge in [0.25, 0.3) is 0 Å². The lowest BCUT2D eigenvalue weighted by Crippen LogP contribution is -2.33. The summed E-state index contributed by atoms with van der Waals surface area (Å²) in [6.07, 6.45) is 3.39. The molecule has 0 spiro atoms. The Labute approximate surface area is 148 Å². The number of nitrogens with zero attached hydrogens (tertiary/aromatic N) is 3. The number of ether oxygens (including phenoxy) is 1. The smallest absolute Gasteiger partial charge is 0.414 e. The summed E-state index contributed by atoms with van der Waals surface area (Å²) >= 11 is 0. The molecule has 26 heavy (non-hydrogen) atoms. The number of nitrogens with one attached hydrogen (secondary N) is 1. The fourth-order valence-electron chi connectivity index (χ4n) is 2.68. The van der Waals surface area contributed by atoms with E-state index >= 15 is 0 Å². The van der Waals surface area contributed by atoms with E-state index in [1.807, 2.05) is 0 Å². The lowest BCUT2D eigenvalue weighted by molar-refractivity contribution is -0.119. The number of aromatic nitrogens is 1. The maximum Gasteiger partial charge on any atom is 0.414 e. The molecule has 1 aromatic heterocycles. The molecule has 0 unspecified atom stereocenters. The fraction of sp³-hybridized carbons (Fsp3) is 0.235. The number of cyclic esters (lactones) is 1. The minimum absolute atomic E-state index is 0.205. The average molecular weight is 360 g/mol. The van der Waals surface area contributed by atoms with Crippen LogP contribution in [0.1, 0.15) is 12.5 Å². The number of halogens is 1. The number of carbonyl (C=O) groups excluding carboxylic acids is 2. The second-order valence-corrected chi connectivity index (χ2v) is 5.79. The van der Waals surface area contributed by atoms with E-state index in [4.69, 9.17) is 9.94 Å². The number of oxime groups is 1. The van der Waals surface area contributed by atoms with Crippen molar-refractivity contribution in [2.75, 3.05) is 18.0 Å². The van der Waals surface area contributed by atoms with E-state index in [1.165, 1.54) is 28.7 Å². The van der Waals surface area contributed by atoms with Crippen LogP contribution in [0, 0.1) is 5.82 Å². The molecule has 0 aliphatic carbocycles. The average Bonchev–Trinajstić information content (AvgIpc) is 3.20. The van der Waals surface area contributed by atoms with Gasteiger partial charge in [-0.1, -0.05) is 5.16 Å². The van der Waals surface area contributed by atoms with Crippen LogP contribution in [0.25, 0.3) is 5.69 Å². The van der Waals surface area contributed by atoms with Crippen LogP contribution in [-0.2, 0) is 9.53 Å². The quantitative estimate of drug-likeness (QED) is 0.483. The summed E-state index contributed by atoms with van der Waals surface area (Å²) in [7, 11) is 0. The predicted molar refractivity (Wildman–Crippen MR) is 91.4 cm³/mol. The van der Waals surface area contributed by atoms with Gasteiger partial charge in [0.05, 0.1) is 30.7 Å². The molecule has 0 bridgehead atoms. The first-order valence-electron chi connectivity index (χ1n) is 7.86. The second-order valence-electron chi connectivity index (χ2n) is 5.79. The summed E-state index contributed by atoms with van der Waals surface area (Å²) in [6.45, 7) is 1.80. The van der Waals surface area contributed by atoms with Crippen molar-refractivity contribution >= 4 is 23.9 Å². The van der Waals surface area contributed by atoms with Gasteiger partial charge in [-0.25, -0.2) is 9.18 Å². The summed E-state index contributed by atoms with van der Waals surface area (Å²) in [4.78, 5) is 24.3. The molecule has 9 heteroatoms. The van der Waals surface area contributed by atoms with E-state index in [0.717, 1.165) is 0 Å². The molecule has 136 valence electrons. The molecule has 1 aromatic carbocycles. The lowest BCUT2D eigenvalue weighted by atomic mass is 10.2. The monoisotopic (exact) mass is 360 g/mol. The van der Waals surface area contributed by atoms with Gasteiger partial charge in [-0.3, -0.25) is 9.69 Å². The SMILES string of the molecule is CC(=O)NC[C@H]1CN(c2ccc(-n3ccc(/C=N\O)c3)c(F)c2)C(=O)O1. The van der Waals surface area contributed by atoms with Gasteiger partial charge >= 0.3 is 6.09 Å². The van der Waals surface area contributed by atoms with Crippen LogP contribution < -0.4 is 10.2 Å². The first-order valence-corrected chi connectivity index (χ1v) is 7.86. The van der Waals surface area contributed by atoms with E-state index in [2.05, 4.69) is 10.5 Å². The minimum atomic E-state index is -0.588. The molecule has 2 N–H and O–H groups in total. The Kier molecular flexibility index (Phi) is 4.87. The van der Waals surface area contributed by atoms with Gasteiger partial charge in [0.15, 0.2) is 0 Å². The zero-order valence-corrected chi connectivity index (χ0v) is 13.9. The van der Waals surface area contributed by atoms with Crippen molar-refractivity contribution in [3.05, 3.63) is 48.0 Å². The highest BCUT2D eigenvalue weighted by Gasteiger charge is 2.32. The van der Waals surface area contributed by atoms with Crippen LogP contribution in [0.4, 0.5) is 14.9 Å². The molecule has 1 fully saturated rings. The van der Waals surface area contributed by atoms with Gasteiger partial charge in [-0.15, -0.1) is 0 Å². The van der Waals surface area contributed by atoms with Crippen molar-refractivity contribution in [1.29, 1.82) is 0 Å². The Bertz CT molecular complexity index is 864. The molecule has 8 nitrogen and oxygen atoms in total. The molecule has 1 aliphatic heterocycles. The first kappa shape index (κ1) is 17.5. The topological polar surface area (TPSA) is 96.2 Å². The number of anilines is 1. The van der Waals surface area contributed by atoms with Crippen molar-refractivity contribution in [2.24, 2.45) is 5.16 Å². The third-order valence-electron chi connectivity index (χ3n) is 3.90. The van der Waals surface area contributed by atoms with Crippen LogP contribution >= 0.6 is 0 Å². The van der Waals surface area contributed by atoms with Crippen LogP contribution in [-0.4, -0.2) is 47.2 Å². The van der Waals surface area contributed by atoms with Crippen LogP contribution in [0.15, 0.2) is 41.8 Å². The van der Waals surface area contributed by atoms with Gasteiger partial charge in [-0.2, -0.15) is 0 Å². The highest BCUT2D eigenvalue weighted by Crippen LogP contribution is 2.25. The third-order valence-corrected chi connectivity index (χ3v) is 3.90. The Balaban J connectivity index is 1.76. The van der Waals surface area contributed by atoms with E-state index < -0.39 is 18.0 Å². The fourth-order valence-corrected chi connectivity index (χ4v) is 2.68. The zero-order chi connectivity index (χ0) is 18.7. The van der Waals surface area contributed by atoms with Crippen LogP contribution in [0.3, 0.4) is 0 Å². The van der Waals surface area contributed by atoms with Crippen molar-refractivity contribution in [1.82, 2.24) is 9.88 Å². The third kappa shape index (κ3) is 3.66. The van der Waals surface area contributed by atoms with Crippen LogP contribution in [0.5, 0.6) is 0 Å². The summed E-state index contributed by atoms with van der Waals surface area (Å²) in [6, 6.07) is 6.06. The van der Waals surface area contributed by atoms with Crippen molar-refractivity contribution < 1.29 is 23.9 Å². The maximum atomic E-state index is 14.5. The number of carbonyl (C=O) groups is 2. The summed E-state index contributed by atoms with van der Waals surface area (Å²) in [5, 5.41) is 14.1. The molecule has 0 radical (unpaired) electrons. The van der Waals surface area contributed by atoms with Crippen LogP contribution in [0.2, 0.25) is 0 Å². The van der Waals surface area contributed by atoms with E-state index in [1.54, 1.807) is 30.6 Å². The van der Waals surface area contributed by atoms with E-state index in [-0.39, 0.29) is 24.7 Å². The molecule has 2 amide bonds. The summed E-state index contributed by atoms with van der Waals surface area (Å²) in [5.41, 5.74) is 1.26. The van der Waals surface area contributed by atoms with Crippen molar-refractivity contribution in [3.63, 3.8) is 0 Å². The van der Waals surface area contributed by atoms with Crippen molar-refractivity contribution in [2.45, 2.75) is 13.0 Å². The highest BCUT2D eigenvalue weighted by molar-refractivity contribution is 5.90. The van der Waals surface area contributed by atoms with Gasteiger partial charge in [0.1, 0.15) is 11.9 Å². The van der Waals surface area contributed by atoms with Gasteiger partial charge in [0, 0.05) is 24.9 Å². The minimum Gasteiger partial charge on any atom is -0.442 e. The molecule has 2 heterocycles. The number of rotatable bonds is 5. The molecular formula is C17H17FN4O4. The maximum absolute atomic E-state index is 14.5. The van der Waals surface area contributed by atoms with Gasteiger partial charge < -0.3 is 19.8 Å². The molecule has 3 rings (SSSR count). The van der Waals surface area contributed by atoms with Gasteiger partial charge in [-0.05, 0) is 24.3 Å². The number of amides is 2. The Hall–Kier alpha value is -3.36. The molecule has 0 saturated carbocycles. The number of hydrogen-bond donors (Lipinski definition) is 2. The zero-order valence-electron chi connectivity index (χ0n) is 13.9. The molecule has 1 atom stereocenters. The Morgan fingerprint density at radius 1 is 1.50 bits per heavy atom. The van der Waals surface area contributed by atoms with E-state index in [0.29, 0.717) is 11.3 Å². The van der Waals surface area contributed by atoms with Crippen molar-refractivity contribution in [3.8, 4) is 5.69 Å². The number of benzene rings is 1. The molecule has 1 saturated heterocycles. The second kappa shape index (κ2) is 7.26. The molecular weight excluding hydrogens is 343 g/mol. The Morgan fingerprint density at radius 2 is 2.31 bits per heavy atom. The highest BCUT2D eigenvalue weighted by atomic mass is 19.1. The standard InChI is InChI=1S/C17H17FN4O4/c1-11(23)19-8-14-10-22(17(24)26-14)13-2-3-16(15(18)6-13)21-5-4-12(9-21)7-20-25/h2-7,9,14,25H,8,10H2,1H3,(H,19,23)/b20-7-/t14-/m0/s1. The largest absolute Gasteiger partial charge is 0.442 e. The molecule has 1 aliphatic rings. The van der Waals surface area contributed by atoms with E-state index in [9.17, 15) is 14.0 Å². The number of hydrogen-bond acceptors (Lipinski definition) is 5. The normalized spacial score (nSPS) is 16.9. The predicted octanol–water partition coefficient (Wildman–Crippen LogP) is 1.89.